The lowest BCUT2D eigenvalue weighted by Gasteiger charge is -2.36. The normalized spacial score (nSPS) is 22.5. The van der Waals surface area contributed by atoms with Crippen LogP contribution >= 0.6 is 0 Å². The maximum atomic E-state index is 13.2. The van der Waals surface area contributed by atoms with E-state index in [9.17, 15) is 9.59 Å². The van der Waals surface area contributed by atoms with E-state index >= 15 is 0 Å². The number of hydrogen-bond donors (Lipinski definition) is 0. The Kier molecular flexibility index (Phi) is 5.08. The zero-order valence-electron chi connectivity index (χ0n) is 15.8. The number of nitrogens with zero attached hydrogens (tertiary/aromatic N) is 2. The summed E-state index contributed by atoms with van der Waals surface area (Å²) in [6, 6.07) is 18.1. The van der Waals surface area contributed by atoms with Gasteiger partial charge in [-0.2, -0.15) is 0 Å². The molecule has 3 fully saturated rings. The molecule has 140 valence electrons. The Morgan fingerprint density at radius 3 is 2.33 bits per heavy atom. The van der Waals surface area contributed by atoms with Gasteiger partial charge in [-0.05, 0) is 37.3 Å². The summed E-state index contributed by atoms with van der Waals surface area (Å²) in [6.45, 7) is 5.03. The third-order valence-electron chi connectivity index (χ3n) is 5.88. The monoisotopic (exact) mass is 362 g/mol. The van der Waals surface area contributed by atoms with Crippen molar-refractivity contribution in [3.8, 4) is 0 Å². The molecule has 2 atom stereocenters. The van der Waals surface area contributed by atoms with Gasteiger partial charge >= 0.3 is 0 Å². The maximum absolute atomic E-state index is 13.2. The second-order valence-corrected chi connectivity index (χ2v) is 7.82. The average molecular weight is 362 g/mol. The van der Waals surface area contributed by atoms with E-state index in [2.05, 4.69) is 29.2 Å². The smallest absolute Gasteiger partial charge is 0.254 e. The van der Waals surface area contributed by atoms with Gasteiger partial charge < -0.3 is 4.90 Å². The number of rotatable bonds is 4. The van der Waals surface area contributed by atoms with Crippen LogP contribution in [0.3, 0.4) is 0 Å². The number of carbonyl (C=O) groups excluding carboxylic acids is 2. The van der Waals surface area contributed by atoms with Gasteiger partial charge in [0, 0.05) is 37.8 Å². The summed E-state index contributed by atoms with van der Waals surface area (Å²) in [5, 5.41) is 0. The van der Waals surface area contributed by atoms with Crippen molar-refractivity contribution < 1.29 is 9.59 Å². The van der Waals surface area contributed by atoms with Crippen molar-refractivity contribution in [1.82, 2.24) is 9.80 Å². The highest BCUT2D eigenvalue weighted by molar-refractivity contribution is 6.07. The predicted octanol–water partition coefficient (Wildman–Crippen LogP) is 3.63. The predicted molar refractivity (Wildman–Crippen MR) is 106 cm³/mol. The molecule has 0 radical (unpaired) electrons. The lowest BCUT2D eigenvalue weighted by molar-refractivity contribution is 0.0731. The van der Waals surface area contributed by atoms with Crippen molar-refractivity contribution in [3.05, 3.63) is 71.3 Å². The molecule has 3 aliphatic heterocycles. The van der Waals surface area contributed by atoms with E-state index in [4.69, 9.17) is 0 Å². The number of benzene rings is 2. The van der Waals surface area contributed by atoms with Crippen LogP contribution in [-0.4, -0.2) is 47.2 Å². The summed E-state index contributed by atoms with van der Waals surface area (Å²) >= 11 is 0. The van der Waals surface area contributed by atoms with Crippen molar-refractivity contribution in [2.45, 2.75) is 32.4 Å². The molecule has 0 aliphatic carbocycles. The van der Waals surface area contributed by atoms with Crippen molar-refractivity contribution in [2.24, 2.45) is 5.92 Å². The molecule has 3 saturated heterocycles. The quantitative estimate of drug-likeness (QED) is 0.780. The zero-order valence-corrected chi connectivity index (χ0v) is 15.8. The fourth-order valence-electron chi connectivity index (χ4n) is 4.50. The Bertz CT molecular complexity index is 833. The number of carbonyl (C=O) groups is 2. The van der Waals surface area contributed by atoms with Crippen LogP contribution in [0.5, 0.6) is 0 Å². The highest BCUT2D eigenvalue weighted by Crippen LogP contribution is 2.30. The van der Waals surface area contributed by atoms with Gasteiger partial charge in [0.25, 0.3) is 5.91 Å². The molecule has 3 aliphatic rings. The standard InChI is InChI=1S/C23H26N2O2/c1-17(26)21-9-5-6-10-22(21)23(27)25-15-19-11-12-20(16-25)24(14-19)13-18-7-3-2-4-8-18/h2-10,19-20H,11-16H2,1H3/t19-,20-/m0/s1. The maximum Gasteiger partial charge on any atom is 0.254 e. The minimum Gasteiger partial charge on any atom is -0.337 e. The molecule has 0 unspecified atom stereocenters. The Labute approximate surface area is 160 Å². The number of fused-ring (bicyclic) bond motifs is 4. The third kappa shape index (κ3) is 3.81. The first-order valence-corrected chi connectivity index (χ1v) is 9.79. The zero-order chi connectivity index (χ0) is 18.8. The number of piperidine rings is 1. The molecule has 1 amide bonds. The molecular formula is C23H26N2O2. The van der Waals surface area contributed by atoms with Gasteiger partial charge in [0.1, 0.15) is 0 Å². The second-order valence-electron chi connectivity index (χ2n) is 7.82. The first kappa shape index (κ1) is 17.9. The van der Waals surface area contributed by atoms with Crippen LogP contribution in [-0.2, 0) is 6.54 Å². The van der Waals surface area contributed by atoms with Crippen molar-refractivity contribution in [3.63, 3.8) is 0 Å². The van der Waals surface area contributed by atoms with Gasteiger partial charge in [0.15, 0.2) is 5.78 Å². The minimum atomic E-state index is -0.0533. The molecule has 2 aromatic carbocycles. The number of ketones is 1. The van der Waals surface area contributed by atoms with Crippen molar-refractivity contribution in [2.75, 3.05) is 19.6 Å². The topological polar surface area (TPSA) is 40.6 Å². The second kappa shape index (κ2) is 7.65. The van der Waals surface area contributed by atoms with Gasteiger partial charge in [-0.25, -0.2) is 0 Å². The number of amides is 1. The van der Waals surface area contributed by atoms with Gasteiger partial charge in [0.05, 0.1) is 5.56 Å². The fraction of sp³-hybridized carbons (Fsp3) is 0.391. The van der Waals surface area contributed by atoms with Crippen LogP contribution in [0.1, 0.15) is 46.0 Å². The van der Waals surface area contributed by atoms with E-state index in [0.717, 1.165) is 32.6 Å². The Hall–Kier alpha value is -2.46. The lowest BCUT2D eigenvalue weighted by Crippen LogP contribution is -2.44. The van der Waals surface area contributed by atoms with E-state index in [1.807, 2.05) is 23.1 Å². The van der Waals surface area contributed by atoms with Crippen LogP contribution in [0.25, 0.3) is 0 Å². The van der Waals surface area contributed by atoms with Crippen LogP contribution in [0, 0.1) is 5.92 Å². The molecule has 3 heterocycles. The van der Waals surface area contributed by atoms with Gasteiger partial charge in [-0.3, -0.25) is 14.5 Å². The van der Waals surface area contributed by atoms with Crippen LogP contribution < -0.4 is 0 Å². The van der Waals surface area contributed by atoms with E-state index in [1.165, 1.54) is 18.9 Å². The summed E-state index contributed by atoms with van der Waals surface area (Å²) < 4.78 is 0. The Morgan fingerprint density at radius 2 is 1.59 bits per heavy atom. The SMILES string of the molecule is CC(=O)c1ccccc1C(=O)N1C[C@H]2CC[C@@H](C1)N(Cc1ccccc1)C2. The molecule has 4 nitrogen and oxygen atoms in total. The molecule has 4 heteroatoms. The Morgan fingerprint density at radius 1 is 0.889 bits per heavy atom. The molecule has 0 saturated carbocycles. The first-order valence-electron chi connectivity index (χ1n) is 9.79. The van der Waals surface area contributed by atoms with E-state index in [0.29, 0.717) is 23.1 Å². The molecule has 5 rings (SSSR count). The van der Waals surface area contributed by atoms with Crippen LogP contribution in [0.2, 0.25) is 0 Å². The van der Waals surface area contributed by atoms with Gasteiger partial charge in [-0.1, -0.05) is 48.5 Å². The van der Waals surface area contributed by atoms with Crippen LogP contribution in [0.15, 0.2) is 54.6 Å². The first-order chi connectivity index (χ1) is 13.1. The highest BCUT2D eigenvalue weighted by Gasteiger charge is 2.37. The van der Waals surface area contributed by atoms with E-state index in [-0.39, 0.29) is 11.7 Å². The largest absolute Gasteiger partial charge is 0.337 e. The van der Waals surface area contributed by atoms with Gasteiger partial charge in [-0.15, -0.1) is 0 Å². The molecule has 2 aromatic rings. The van der Waals surface area contributed by atoms with Crippen molar-refractivity contribution in [1.29, 1.82) is 0 Å². The van der Waals surface area contributed by atoms with Crippen molar-refractivity contribution >= 4 is 11.7 Å². The van der Waals surface area contributed by atoms with E-state index < -0.39 is 0 Å². The molecule has 0 N–H and O–H groups in total. The Balaban J connectivity index is 1.53. The molecule has 0 spiro atoms. The summed E-state index contributed by atoms with van der Waals surface area (Å²) in [7, 11) is 0. The minimum absolute atomic E-state index is 0.000684. The highest BCUT2D eigenvalue weighted by atomic mass is 16.2. The van der Waals surface area contributed by atoms with Gasteiger partial charge in [0.2, 0.25) is 0 Å². The third-order valence-corrected chi connectivity index (χ3v) is 5.88. The lowest BCUT2D eigenvalue weighted by atomic mass is 9.94. The summed E-state index contributed by atoms with van der Waals surface area (Å²) in [4.78, 5) is 29.7. The average Bonchev–Trinajstić information content (AvgIpc) is 3.00. The summed E-state index contributed by atoms with van der Waals surface area (Å²) in [5.74, 6) is 0.447. The number of Topliss-reactive ketones (excluding diaryl/α,β-unsaturated/α-hetero) is 1. The molecule has 2 bridgehead atoms. The number of hydrogen-bond acceptors (Lipinski definition) is 3. The molecule has 27 heavy (non-hydrogen) atoms. The summed E-state index contributed by atoms with van der Waals surface area (Å²) in [5.41, 5.74) is 2.39. The summed E-state index contributed by atoms with van der Waals surface area (Å²) in [6.07, 6.45) is 2.31. The van der Waals surface area contributed by atoms with E-state index in [1.54, 1.807) is 12.1 Å². The fourth-order valence-corrected chi connectivity index (χ4v) is 4.50. The molecule has 0 aromatic heterocycles. The molecular weight excluding hydrogens is 336 g/mol. The van der Waals surface area contributed by atoms with Crippen LogP contribution in [0.4, 0.5) is 0 Å².